The molecular formula is C13H22O. The van der Waals surface area contributed by atoms with Crippen molar-refractivity contribution < 1.29 is 4.74 Å². The Balaban J connectivity index is 0.000000791. The van der Waals surface area contributed by atoms with Crippen LogP contribution in [0.4, 0.5) is 0 Å². The van der Waals surface area contributed by atoms with Crippen LogP contribution < -0.4 is 4.74 Å². The largest absolute Gasteiger partial charge is 0.497 e. The van der Waals surface area contributed by atoms with E-state index in [0.29, 0.717) is 5.92 Å². The topological polar surface area (TPSA) is 9.23 Å². The molecule has 1 nitrogen and oxygen atoms in total. The van der Waals surface area contributed by atoms with Gasteiger partial charge in [0.2, 0.25) is 0 Å². The summed E-state index contributed by atoms with van der Waals surface area (Å²) in [6.45, 7) is 10.5. The molecule has 0 heterocycles. The van der Waals surface area contributed by atoms with Crippen molar-refractivity contribution in [3.05, 3.63) is 29.3 Å². The van der Waals surface area contributed by atoms with Gasteiger partial charge in [0.1, 0.15) is 5.75 Å². The number of hydrogen-bond donors (Lipinski definition) is 0. The van der Waals surface area contributed by atoms with Crippen molar-refractivity contribution in [3.63, 3.8) is 0 Å². The molecule has 0 saturated heterocycles. The van der Waals surface area contributed by atoms with Crippen LogP contribution in [-0.2, 0) is 0 Å². The highest BCUT2D eigenvalue weighted by molar-refractivity contribution is 5.36. The van der Waals surface area contributed by atoms with Crippen LogP contribution >= 0.6 is 0 Å². The first-order chi connectivity index (χ1) is 6.65. The van der Waals surface area contributed by atoms with Crippen LogP contribution in [0.15, 0.2) is 18.2 Å². The van der Waals surface area contributed by atoms with Crippen LogP contribution in [-0.4, -0.2) is 7.11 Å². The Morgan fingerprint density at radius 1 is 1.14 bits per heavy atom. The number of ether oxygens (including phenoxy) is 1. The Bertz CT molecular complexity index is 264. The van der Waals surface area contributed by atoms with Gasteiger partial charge >= 0.3 is 0 Å². The fourth-order valence-corrected chi connectivity index (χ4v) is 1.37. The van der Waals surface area contributed by atoms with Gasteiger partial charge in [0, 0.05) is 0 Å². The molecule has 0 N–H and O–H groups in total. The van der Waals surface area contributed by atoms with E-state index in [4.69, 9.17) is 4.74 Å². The highest BCUT2D eigenvalue weighted by Gasteiger charge is 2.03. The van der Waals surface area contributed by atoms with Gasteiger partial charge < -0.3 is 4.74 Å². The van der Waals surface area contributed by atoms with Gasteiger partial charge in [-0.05, 0) is 36.1 Å². The molecule has 0 aromatic heterocycles. The third kappa shape index (κ3) is 3.41. The molecule has 1 heteroatoms. The van der Waals surface area contributed by atoms with Crippen LogP contribution in [0.5, 0.6) is 5.75 Å². The smallest absolute Gasteiger partial charge is 0.119 e. The number of aryl methyl sites for hydroxylation is 1. The lowest BCUT2D eigenvalue weighted by atomic mass is 9.98. The van der Waals surface area contributed by atoms with Crippen molar-refractivity contribution in [1.82, 2.24) is 0 Å². The average Bonchev–Trinajstić information content (AvgIpc) is 2.21. The fraction of sp³-hybridized carbons (Fsp3) is 0.538. The third-order valence-electron chi connectivity index (χ3n) is 2.11. The van der Waals surface area contributed by atoms with E-state index >= 15 is 0 Å². The molecule has 0 fully saturated rings. The van der Waals surface area contributed by atoms with Gasteiger partial charge in [0.25, 0.3) is 0 Å². The van der Waals surface area contributed by atoms with Gasteiger partial charge in [0.05, 0.1) is 7.11 Å². The zero-order valence-electron chi connectivity index (χ0n) is 10.2. The normalized spacial score (nSPS) is 9.36. The highest BCUT2D eigenvalue weighted by atomic mass is 16.5. The molecule has 0 saturated carbocycles. The SMILES string of the molecule is CC.COc1ccc(C)c(C(C)C)c1. The maximum absolute atomic E-state index is 5.16. The molecule has 0 aliphatic rings. The van der Waals surface area contributed by atoms with Crippen molar-refractivity contribution in [3.8, 4) is 5.75 Å². The maximum atomic E-state index is 5.16. The zero-order chi connectivity index (χ0) is 11.1. The average molecular weight is 194 g/mol. The summed E-state index contributed by atoms with van der Waals surface area (Å²) in [6.07, 6.45) is 0. The van der Waals surface area contributed by atoms with E-state index in [-0.39, 0.29) is 0 Å². The van der Waals surface area contributed by atoms with Gasteiger partial charge in [-0.2, -0.15) is 0 Å². The third-order valence-corrected chi connectivity index (χ3v) is 2.11. The minimum atomic E-state index is 0.570. The molecule has 1 rings (SSSR count). The first-order valence-corrected chi connectivity index (χ1v) is 5.29. The molecule has 14 heavy (non-hydrogen) atoms. The molecule has 0 atom stereocenters. The van der Waals surface area contributed by atoms with Gasteiger partial charge in [-0.25, -0.2) is 0 Å². The first kappa shape index (κ1) is 13.0. The second kappa shape index (κ2) is 6.47. The summed E-state index contributed by atoms with van der Waals surface area (Å²) in [7, 11) is 1.70. The van der Waals surface area contributed by atoms with E-state index in [2.05, 4.69) is 32.9 Å². The van der Waals surface area contributed by atoms with Crippen molar-refractivity contribution in [2.45, 2.75) is 40.5 Å². The van der Waals surface area contributed by atoms with E-state index in [9.17, 15) is 0 Å². The summed E-state index contributed by atoms with van der Waals surface area (Å²) in [4.78, 5) is 0. The lowest BCUT2D eigenvalue weighted by molar-refractivity contribution is 0.414. The molecule has 1 aromatic rings. The summed E-state index contributed by atoms with van der Waals surface area (Å²) < 4.78 is 5.16. The molecule has 0 bridgehead atoms. The molecule has 0 spiro atoms. The molecule has 80 valence electrons. The van der Waals surface area contributed by atoms with E-state index in [1.807, 2.05) is 19.9 Å². The van der Waals surface area contributed by atoms with Crippen LogP contribution in [0, 0.1) is 6.92 Å². The maximum Gasteiger partial charge on any atom is 0.119 e. The van der Waals surface area contributed by atoms with E-state index in [0.717, 1.165) is 5.75 Å². The van der Waals surface area contributed by atoms with Crippen LogP contribution in [0.1, 0.15) is 44.7 Å². The first-order valence-electron chi connectivity index (χ1n) is 5.29. The highest BCUT2D eigenvalue weighted by Crippen LogP contribution is 2.23. The summed E-state index contributed by atoms with van der Waals surface area (Å²) in [5.41, 5.74) is 2.71. The predicted molar refractivity (Wildman–Crippen MR) is 63.2 cm³/mol. The fourth-order valence-electron chi connectivity index (χ4n) is 1.37. The minimum Gasteiger partial charge on any atom is -0.497 e. The lowest BCUT2D eigenvalue weighted by Gasteiger charge is -2.10. The Hall–Kier alpha value is -0.980. The summed E-state index contributed by atoms with van der Waals surface area (Å²) in [5, 5.41) is 0. The Labute approximate surface area is 88.1 Å². The number of methoxy groups -OCH3 is 1. The quantitative estimate of drug-likeness (QED) is 0.687. The van der Waals surface area contributed by atoms with Gasteiger partial charge in [-0.3, -0.25) is 0 Å². The van der Waals surface area contributed by atoms with Gasteiger partial charge in [0.15, 0.2) is 0 Å². The molecule has 0 amide bonds. The van der Waals surface area contributed by atoms with E-state index < -0.39 is 0 Å². The van der Waals surface area contributed by atoms with Gasteiger partial charge in [-0.15, -0.1) is 0 Å². The zero-order valence-corrected chi connectivity index (χ0v) is 10.2. The van der Waals surface area contributed by atoms with Crippen LogP contribution in [0.2, 0.25) is 0 Å². The Morgan fingerprint density at radius 2 is 1.71 bits per heavy atom. The second-order valence-electron chi connectivity index (χ2n) is 3.38. The minimum absolute atomic E-state index is 0.570. The van der Waals surface area contributed by atoms with Crippen LogP contribution in [0.3, 0.4) is 0 Å². The monoisotopic (exact) mass is 194 g/mol. The summed E-state index contributed by atoms with van der Waals surface area (Å²) in [5.74, 6) is 1.52. The molecule has 0 aliphatic carbocycles. The Kier molecular flexibility index (Phi) is 6.02. The van der Waals surface area contributed by atoms with Crippen molar-refractivity contribution in [2.75, 3.05) is 7.11 Å². The van der Waals surface area contributed by atoms with Crippen molar-refractivity contribution in [1.29, 1.82) is 0 Å². The molecule has 0 radical (unpaired) electrons. The number of hydrogen-bond acceptors (Lipinski definition) is 1. The summed E-state index contributed by atoms with van der Waals surface area (Å²) >= 11 is 0. The van der Waals surface area contributed by atoms with E-state index in [1.54, 1.807) is 7.11 Å². The molecule has 1 aromatic carbocycles. The molecule has 0 unspecified atom stereocenters. The summed E-state index contributed by atoms with van der Waals surface area (Å²) in [6, 6.07) is 6.22. The lowest BCUT2D eigenvalue weighted by Crippen LogP contribution is -1.93. The predicted octanol–water partition coefficient (Wildman–Crippen LogP) is 4.15. The number of benzene rings is 1. The van der Waals surface area contributed by atoms with E-state index in [1.165, 1.54) is 11.1 Å². The standard InChI is InChI=1S/C11H16O.C2H6/c1-8(2)11-7-10(12-4)6-5-9(11)3;1-2/h5-8H,1-4H3;1-2H3. The Morgan fingerprint density at radius 3 is 2.14 bits per heavy atom. The number of rotatable bonds is 2. The van der Waals surface area contributed by atoms with Gasteiger partial charge in [-0.1, -0.05) is 33.8 Å². The van der Waals surface area contributed by atoms with Crippen LogP contribution in [0.25, 0.3) is 0 Å². The molecular weight excluding hydrogens is 172 g/mol. The second-order valence-corrected chi connectivity index (χ2v) is 3.38. The van der Waals surface area contributed by atoms with Crippen molar-refractivity contribution >= 4 is 0 Å². The van der Waals surface area contributed by atoms with Crippen molar-refractivity contribution in [2.24, 2.45) is 0 Å². The molecule has 0 aliphatic heterocycles.